The second-order valence-corrected chi connectivity index (χ2v) is 8.17. The molecule has 31 heavy (non-hydrogen) atoms. The summed E-state index contributed by atoms with van der Waals surface area (Å²) >= 11 is 0. The molecule has 160 valence electrons. The topological polar surface area (TPSA) is 80.6 Å². The Hall–Kier alpha value is -3.26. The number of hydrogen-bond acceptors (Lipinski definition) is 4. The highest BCUT2D eigenvalue weighted by atomic mass is 19.3. The number of fused-ring (bicyclic) bond motifs is 2. The number of nitrogens with one attached hydrogen (secondary N) is 1. The quantitative estimate of drug-likeness (QED) is 0.645. The molecule has 0 spiro atoms. The minimum absolute atomic E-state index is 0.0566. The fourth-order valence-electron chi connectivity index (χ4n) is 4.58. The Balaban J connectivity index is 1.86. The molecule has 5 rings (SSSR count). The third kappa shape index (κ3) is 3.01. The minimum atomic E-state index is -3.11. The standard InChI is InChI=1S/C23H20F2N2O4/c1-23(16-5-3-2-4-12(16)10-26-23)17-9-8-14-18(20(17)31-22(24)25)27(13-6-7-13)11-15(19(14)28)21(29)30/h2-5,8-9,11,13,22,26H,6-7,10H2,1H3,(H,29,30). The Morgan fingerprint density at radius 1 is 1.23 bits per heavy atom. The first-order valence-electron chi connectivity index (χ1n) is 10.0. The van der Waals surface area contributed by atoms with E-state index in [1.165, 1.54) is 12.3 Å². The predicted octanol–water partition coefficient (Wildman–Crippen LogP) is 4.00. The van der Waals surface area contributed by atoms with E-state index in [4.69, 9.17) is 4.74 Å². The molecule has 1 aliphatic carbocycles. The highest BCUT2D eigenvalue weighted by molar-refractivity contribution is 5.95. The summed E-state index contributed by atoms with van der Waals surface area (Å²) in [6.45, 7) is -0.651. The molecule has 0 bridgehead atoms. The van der Waals surface area contributed by atoms with Gasteiger partial charge in [0.2, 0.25) is 5.43 Å². The van der Waals surface area contributed by atoms with Gasteiger partial charge in [-0.25, -0.2) is 4.79 Å². The maximum Gasteiger partial charge on any atom is 0.387 e. The van der Waals surface area contributed by atoms with Crippen LogP contribution in [0.3, 0.4) is 0 Å². The van der Waals surface area contributed by atoms with Crippen molar-refractivity contribution in [2.24, 2.45) is 0 Å². The number of carboxylic acids is 1. The van der Waals surface area contributed by atoms with Gasteiger partial charge in [-0.3, -0.25) is 10.1 Å². The number of alkyl halides is 2. The van der Waals surface area contributed by atoms with Gasteiger partial charge in [0, 0.05) is 24.3 Å². The molecule has 6 nitrogen and oxygen atoms in total. The van der Waals surface area contributed by atoms with E-state index in [1.807, 2.05) is 31.2 Å². The molecule has 1 saturated carbocycles. The zero-order valence-electron chi connectivity index (χ0n) is 16.7. The average Bonchev–Trinajstić information content (AvgIpc) is 3.52. The van der Waals surface area contributed by atoms with Crippen LogP contribution in [0.15, 0.2) is 47.4 Å². The first kappa shape index (κ1) is 19.7. The predicted molar refractivity (Wildman–Crippen MR) is 110 cm³/mol. The van der Waals surface area contributed by atoms with E-state index in [1.54, 1.807) is 10.6 Å². The van der Waals surface area contributed by atoms with Gasteiger partial charge >= 0.3 is 12.6 Å². The van der Waals surface area contributed by atoms with Gasteiger partial charge in [0.1, 0.15) is 5.56 Å². The first-order valence-corrected chi connectivity index (χ1v) is 10.0. The Morgan fingerprint density at radius 2 is 1.97 bits per heavy atom. The number of halogens is 2. The fourth-order valence-corrected chi connectivity index (χ4v) is 4.58. The molecule has 3 aromatic rings. The number of carboxylic acid groups (broad SMARTS) is 1. The SMILES string of the molecule is CC1(c2ccc3c(=O)c(C(=O)O)cn(C4CC4)c3c2OC(F)F)NCc2ccccc21. The zero-order chi connectivity index (χ0) is 21.9. The number of pyridine rings is 1. The van der Waals surface area contributed by atoms with E-state index in [0.29, 0.717) is 12.1 Å². The van der Waals surface area contributed by atoms with E-state index in [2.05, 4.69) is 5.32 Å². The third-order valence-electron chi connectivity index (χ3n) is 6.25. The Bertz CT molecular complexity index is 1280. The number of nitrogens with zero attached hydrogens (tertiary/aromatic N) is 1. The normalized spacial score (nSPS) is 20.3. The molecule has 2 heterocycles. The summed E-state index contributed by atoms with van der Waals surface area (Å²) in [4.78, 5) is 24.5. The van der Waals surface area contributed by atoms with Crippen LogP contribution in [0.5, 0.6) is 5.75 Å². The van der Waals surface area contributed by atoms with Crippen molar-refractivity contribution < 1.29 is 23.4 Å². The summed E-state index contributed by atoms with van der Waals surface area (Å²) in [6, 6.07) is 10.8. The van der Waals surface area contributed by atoms with Gasteiger partial charge in [-0.1, -0.05) is 30.3 Å². The summed E-state index contributed by atoms with van der Waals surface area (Å²) < 4.78 is 33.8. The first-order chi connectivity index (χ1) is 14.8. The molecule has 1 atom stereocenters. The molecule has 1 aliphatic heterocycles. The van der Waals surface area contributed by atoms with Gasteiger partial charge in [0.15, 0.2) is 5.75 Å². The van der Waals surface area contributed by atoms with Crippen LogP contribution < -0.4 is 15.5 Å². The molecule has 2 N–H and O–H groups in total. The highest BCUT2D eigenvalue weighted by Crippen LogP contribution is 2.46. The lowest BCUT2D eigenvalue weighted by atomic mass is 9.84. The van der Waals surface area contributed by atoms with Crippen LogP contribution in [0.1, 0.15) is 52.9 Å². The summed E-state index contributed by atoms with van der Waals surface area (Å²) in [7, 11) is 0. The number of ether oxygens (including phenoxy) is 1. The van der Waals surface area contributed by atoms with E-state index in [-0.39, 0.29) is 28.3 Å². The van der Waals surface area contributed by atoms with Gasteiger partial charge < -0.3 is 14.4 Å². The molecule has 2 aliphatic rings. The zero-order valence-corrected chi connectivity index (χ0v) is 16.7. The monoisotopic (exact) mass is 426 g/mol. The van der Waals surface area contributed by atoms with Gasteiger partial charge in [0.05, 0.1) is 16.4 Å². The van der Waals surface area contributed by atoms with Gasteiger partial charge in [0.25, 0.3) is 0 Å². The van der Waals surface area contributed by atoms with E-state index >= 15 is 0 Å². The second kappa shape index (κ2) is 6.88. The molecular formula is C23H20F2N2O4. The van der Waals surface area contributed by atoms with Crippen molar-refractivity contribution in [2.45, 2.75) is 44.5 Å². The van der Waals surface area contributed by atoms with Crippen molar-refractivity contribution in [3.05, 3.63) is 75.1 Å². The maximum absolute atomic E-state index is 13.6. The Kier molecular flexibility index (Phi) is 4.37. The number of hydrogen-bond donors (Lipinski definition) is 2. The van der Waals surface area contributed by atoms with Crippen LogP contribution in [0.4, 0.5) is 8.78 Å². The van der Waals surface area contributed by atoms with Crippen molar-refractivity contribution in [3.8, 4) is 5.75 Å². The van der Waals surface area contributed by atoms with Crippen LogP contribution >= 0.6 is 0 Å². The summed E-state index contributed by atoms with van der Waals surface area (Å²) in [6.07, 6.45) is 2.80. The van der Waals surface area contributed by atoms with Crippen LogP contribution in [0.25, 0.3) is 10.9 Å². The lowest BCUT2D eigenvalue weighted by Crippen LogP contribution is -2.35. The average molecular weight is 426 g/mol. The van der Waals surface area contributed by atoms with Crippen LogP contribution in [-0.4, -0.2) is 22.3 Å². The summed E-state index contributed by atoms with van der Waals surface area (Å²) in [5.74, 6) is -1.44. The molecule has 0 saturated heterocycles. The van der Waals surface area contributed by atoms with Crippen molar-refractivity contribution in [2.75, 3.05) is 0 Å². The van der Waals surface area contributed by atoms with Crippen LogP contribution in [0.2, 0.25) is 0 Å². The van der Waals surface area contributed by atoms with Crippen LogP contribution in [-0.2, 0) is 12.1 Å². The van der Waals surface area contributed by atoms with Crippen molar-refractivity contribution >= 4 is 16.9 Å². The number of aromatic carboxylic acids is 1. The van der Waals surface area contributed by atoms with Gasteiger partial charge in [-0.05, 0) is 37.0 Å². The summed E-state index contributed by atoms with van der Waals surface area (Å²) in [5.41, 5.74) is 0.764. The lowest BCUT2D eigenvalue weighted by Gasteiger charge is -2.30. The highest BCUT2D eigenvalue weighted by Gasteiger charge is 2.40. The maximum atomic E-state index is 13.6. The largest absolute Gasteiger partial charge is 0.477 e. The molecular weight excluding hydrogens is 406 g/mol. The Morgan fingerprint density at radius 3 is 2.65 bits per heavy atom. The number of rotatable bonds is 5. The molecule has 1 fully saturated rings. The van der Waals surface area contributed by atoms with Crippen molar-refractivity contribution in [1.82, 2.24) is 9.88 Å². The van der Waals surface area contributed by atoms with Gasteiger partial charge in [-0.15, -0.1) is 0 Å². The number of carbonyl (C=O) groups is 1. The summed E-state index contributed by atoms with van der Waals surface area (Å²) in [5, 5.41) is 12.9. The van der Waals surface area contributed by atoms with Crippen LogP contribution in [0, 0.1) is 0 Å². The minimum Gasteiger partial charge on any atom is -0.477 e. The number of aromatic nitrogens is 1. The lowest BCUT2D eigenvalue weighted by molar-refractivity contribution is -0.0501. The third-order valence-corrected chi connectivity index (χ3v) is 6.25. The number of benzene rings is 2. The van der Waals surface area contributed by atoms with Crippen molar-refractivity contribution in [3.63, 3.8) is 0 Å². The molecule has 0 amide bonds. The van der Waals surface area contributed by atoms with E-state index in [0.717, 1.165) is 24.0 Å². The van der Waals surface area contributed by atoms with E-state index < -0.39 is 23.5 Å². The molecule has 1 unspecified atom stereocenters. The van der Waals surface area contributed by atoms with E-state index in [9.17, 15) is 23.5 Å². The van der Waals surface area contributed by atoms with Crippen molar-refractivity contribution in [1.29, 1.82) is 0 Å². The smallest absolute Gasteiger partial charge is 0.387 e. The fraction of sp³-hybridized carbons (Fsp3) is 0.304. The molecule has 8 heteroatoms. The Labute approximate surface area is 176 Å². The van der Waals surface area contributed by atoms with Gasteiger partial charge in [-0.2, -0.15) is 8.78 Å². The molecule has 2 aromatic carbocycles. The molecule has 0 radical (unpaired) electrons. The molecule has 1 aromatic heterocycles. The second-order valence-electron chi connectivity index (χ2n) is 8.17.